The predicted molar refractivity (Wildman–Crippen MR) is 183 cm³/mol. The largest absolute Gasteiger partial charge is 0.493 e. The number of ether oxygens (including phenoxy) is 2. The number of hydrogen-bond acceptors (Lipinski definition) is 8. The molecule has 3 aromatic rings. The van der Waals surface area contributed by atoms with Crippen molar-refractivity contribution in [2.75, 3.05) is 44.0 Å². The minimum absolute atomic E-state index is 0.000489. The summed E-state index contributed by atoms with van der Waals surface area (Å²) in [6, 6.07) is 6.51. The summed E-state index contributed by atoms with van der Waals surface area (Å²) in [5, 5.41) is 11.1. The van der Waals surface area contributed by atoms with E-state index in [-0.39, 0.29) is 42.7 Å². The van der Waals surface area contributed by atoms with Crippen molar-refractivity contribution in [1.29, 1.82) is 0 Å². The van der Waals surface area contributed by atoms with Crippen molar-refractivity contribution in [2.24, 2.45) is 19.1 Å². The highest BCUT2D eigenvalue weighted by Gasteiger charge is 2.32. The highest BCUT2D eigenvalue weighted by Crippen LogP contribution is 2.38. The molecule has 4 N–H and O–H groups in total. The van der Waals surface area contributed by atoms with Gasteiger partial charge < -0.3 is 44.8 Å². The molecule has 15 nitrogen and oxygen atoms in total. The Morgan fingerprint density at radius 3 is 2.31 bits per heavy atom. The average Bonchev–Trinajstić information content (AvgIpc) is 3.77. The number of amides is 5. The maximum absolute atomic E-state index is 13.1. The number of aryl methyl sites for hydroxylation is 2. The van der Waals surface area contributed by atoms with Crippen LogP contribution in [0.2, 0.25) is 0 Å². The number of methoxy groups -OCH3 is 1. The zero-order valence-corrected chi connectivity index (χ0v) is 28.1. The molecule has 0 saturated carbocycles. The molecule has 49 heavy (non-hydrogen) atoms. The van der Waals surface area contributed by atoms with E-state index in [1.54, 1.807) is 59.9 Å². The van der Waals surface area contributed by atoms with E-state index in [1.165, 1.54) is 14.0 Å². The molecular weight excluding hydrogens is 632 g/mol. The van der Waals surface area contributed by atoms with E-state index in [2.05, 4.69) is 26.3 Å². The normalized spacial score (nSPS) is 14.8. The van der Waals surface area contributed by atoms with Crippen molar-refractivity contribution in [3.8, 4) is 11.5 Å². The molecule has 15 heteroatoms. The first-order chi connectivity index (χ1) is 23.5. The lowest BCUT2D eigenvalue weighted by atomic mass is 10.1. The van der Waals surface area contributed by atoms with Gasteiger partial charge in [0.15, 0.2) is 11.5 Å². The standard InChI is InChI=1S/C34H42N8O7/c1-21(43)35-10-7-11-36-32(45)27-15-23(20-40(27)2)39-33(46)28-14-22(19-41(28)3)38-31(44)9-6-13-49-30-17-26-25(16-29(30)48-4)34(47)42-12-5-8-24(42)18-37-26/h14-20,24H,5-13H2,1-4H3,(H,35,43)(H,36,45)(H,38,44)(H,39,46)/t24-/m0/s1. The van der Waals surface area contributed by atoms with Crippen LogP contribution in [0, 0.1) is 0 Å². The van der Waals surface area contributed by atoms with Crippen molar-refractivity contribution in [2.45, 2.75) is 45.1 Å². The van der Waals surface area contributed by atoms with Crippen LogP contribution in [0.4, 0.5) is 17.1 Å². The molecule has 1 aromatic carbocycles. The van der Waals surface area contributed by atoms with E-state index in [0.29, 0.717) is 78.0 Å². The molecule has 5 rings (SSSR count). The number of nitrogens with one attached hydrogen (secondary N) is 4. The maximum Gasteiger partial charge on any atom is 0.272 e. The summed E-state index contributed by atoms with van der Waals surface area (Å²) < 4.78 is 14.6. The Morgan fingerprint density at radius 1 is 0.898 bits per heavy atom. The van der Waals surface area contributed by atoms with Crippen molar-refractivity contribution in [1.82, 2.24) is 24.7 Å². The lowest BCUT2D eigenvalue weighted by molar-refractivity contribution is -0.119. The zero-order valence-electron chi connectivity index (χ0n) is 28.1. The molecule has 1 atom stereocenters. The number of aliphatic imine (C=N–C) groups is 1. The molecule has 4 heterocycles. The monoisotopic (exact) mass is 674 g/mol. The molecule has 0 radical (unpaired) electrons. The molecule has 0 aliphatic carbocycles. The van der Waals surface area contributed by atoms with Crippen LogP contribution < -0.4 is 30.7 Å². The van der Waals surface area contributed by atoms with E-state index >= 15 is 0 Å². The van der Waals surface area contributed by atoms with Crippen LogP contribution in [-0.2, 0) is 23.7 Å². The second kappa shape index (κ2) is 15.5. The van der Waals surface area contributed by atoms with E-state index in [0.717, 1.165) is 12.8 Å². The minimum atomic E-state index is -0.412. The third kappa shape index (κ3) is 8.47. The highest BCUT2D eigenvalue weighted by atomic mass is 16.5. The number of carbonyl (C=O) groups is 5. The first kappa shape index (κ1) is 34.7. The van der Waals surface area contributed by atoms with Gasteiger partial charge in [0.25, 0.3) is 17.7 Å². The quantitative estimate of drug-likeness (QED) is 0.190. The van der Waals surface area contributed by atoms with Gasteiger partial charge in [-0.05, 0) is 43.9 Å². The smallest absolute Gasteiger partial charge is 0.272 e. The second-order valence-electron chi connectivity index (χ2n) is 12.0. The van der Waals surface area contributed by atoms with Gasteiger partial charge in [-0.25, -0.2) is 0 Å². The maximum atomic E-state index is 13.1. The molecule has 2 aliphatic rings. The molecule has 0 bridgehead atoms. The number of hydrogen-bond donors (Lipinski definition) is 4. The van der Waals surface area contributed by atoms with Crippen LogP contribution in [0.5, 0.6) is 11.5 Å². The van der Waals surface area contributed by atoms with Gasteiger partial charge in [0.05, 0.1) is 42.4 Å². The first-order valence-corrected chi connectivity index (χ1v) is 16.2. The van der Waals surface area contributed by atoms with Crippen molar-refractivity contribution in [3.63, 3.8) is 0 Å². The van der Waals surface area contributed by atoms with E-state index < -0.39 is 5.91 Å². The molecule has 0 spiro atoms. The Morgan fingerprint density at radius 2 is 1.59 bits per heavy atom. The van der Waals surface area contributed by atoms with Gasteiger partial charge in [-0.3, -0.25) is 29.0 Å². The van der Waals surface area contributed by atoms with Crippen LogP contribution in [0.1, 0.15) is 70.4 Å². The summed E-state index contributed by atoms with van der Waals surface area (Å²) in [6.07, 6.45) is 8.09. The molecular formula is C34H42N8O7. The Bertz CT molecular complexity index is 1780. The third-order valence-electron chi connectivity index (χ3n) is 8.29. The van der Waals surface area contributed by atoms with Gasteiger partial charge >= 0.3 is 0 Å². The Hall–Kier alpha value is -5.60. The summed E-state index contributed by atoms with van der Waals surface area (Å²) >= 11 is 0. The van der Waals surface area contributed by atoms with Crippen LogP contribution in [0.15, 0.2) is 41.7 Å². The van der Waals surface area contributed by atoms with Crippen LogP contribution in [-0.4, -0.2) is 89.2 Å². The summed E-state index contributed by atoms with van der Waals surface area (Å²) in [6.45, 7) is 3.22. The Kier molecular flexibility index (Phi) is 11.0. The fourth-order valence-electron chi connectivity index (χ4n) is 5.82. The summed E-state index contributed by atoms with van der Waals surface area (Å²) in [7, 11) is 4.90. The fourth-order valence-corrected chi connectivity index (χ4v) is 5.82. The number of carbonyl (C=O) groups excluding carboxylic acids is 5. The second-order valence-corrected chi connectivity index (χ2v) is 12.0. The van der Waals surface area contributed by atoms with E-state index in [9.17, 15) is 24.0 Å². The molecule has 1 fully saturated rings. The molecule has 2 aliphatic heterocycles. The molecule has 5 amide bonds. The lowest BCUT2D eigenvalue weighted by Crippen LogP contribution is -2.35. The Labute approximate surface area is 284 Å². The van der Waals surface area contributed by atoms with Gasteiger partial charge in [0, 0.05) is 71.7 Å². The zero-order chi connectivity index (χ0) is 35.1. The number of aromatic nitrogens is 2. The topological polar surface area (TPSA) is 177 Å². The van der Waals surface area contributed by atoms with Gasteiger partial charge in [0.1, 0.15) is 11.4 Å². The lowest BCUT2D eigenvalue weighted by Gasteiger charge is -2.20. The van der Waals surface area contributed by atoms with E-state index in [1.807, 2.05) is 11.1 Å². The molecule has 0 unspecified atom stereocenters. The van der Waals surface area contributed by atoms with Crippen molar-refractivity contribution in [3.05, 3.63) is 53.6 Å². The van der Waals surface area contributed by atoms with Crippen LogP contribution >= 0.6 is 0 Å². The third-order valence-corrected chi connectivity index (χ3v) is 8.29. The highest BCUT2D eigenvalue weighted by molar-refractivity contribution is 6.06. The molecule has 1 saturated heterocycles. The van der Waals surface area contributed by atoms with Gasteiger partial charge in [-0.15, -0.1) is 0 Å². The number of rotatable bonds is 14. The van der Waals surface area contributed by atoms with Crippen LogP contribution in [0.3, 0.4) is 0 Å². The minimum Gasteiger partial charge on any atom is -0.493 e. The summed E-state index contributed by atoms with van der Waals surface area (Å²) in [5.41, 5.74) is 2.57. The predicted octanol–water partition coefficient (Wildman–Crippen LogP) is 3.00. The fraction of sp³-hybridized carbons (Fsp3) is 0.412. The average molecular weight is 675 g/mol. The van der Waals surface area contributed by atoms with Gasteiger partial charge in [-0.2, -0.15) is 0 Å². The molecule has 260 valence electrons. The van der Waals surface area contributed by atoms with Gasteiger partial charge in [-0.1, -0.05) is 0 Å². The number of benzene rings is 1. The summed E-state index contributed by atoms with van der Waals surface area (Å²) in [4.78, 5) is 68.8. The van der Waals surface area contributed by atoms with E-state index in [4.69, 9.17) is 9.47 Å². The van der Waals surface area contributed by atoms with Crippen molar-refractivity contribution >= 4 is 52.8 Å². The van der Waals surface area contributed by atoms with Crippen molar-refractivity contribution < 1.29 is 33.4 Å². The molecule has 2 aromatic heterocycles. The van der Waals surface area contributed by atoms with Crippen LogP contribution in [0.25, 0.3) is 0 Å². The number of anilines is 2. The SMILES string of the molecule is COc1cc2c(cc1OCCCC(=O)Nc1cc(C(=O)Nc3cc(C(=O)NCCCNC(C)=O)n(C)c3)n(C)c1)N=C[C@@H]1CCCN1C2=O. The first-order valence-electron chi connectivity index (χ1n) is 16.2. The Balaban J connectivity index is 1.09. The summed E-state index contributed by atoms with van der Waals surface area (Å²) in [5.74, 6) is -0.295. The number of nitrogens with zero attached hydrogens (tertiary/aromatic N) is 4. The number of fused-ring (bicyclic) bond motifs is 2. The van der Waals surface area contributed by atoms with Gasteiger partial charge in [0.2, 0.25) is 11.8 Å².